The largest absolute Gasteiger partial charge is 0.335 e. The van der Waals surface area contributed by atoms with Crippen LogP contribution in [-0.4, -0.2) is 51.3 Å². The smallest absolute Gasteiger partial charge is 0.264 e. The van der Waals surface area contributed by atoms with Gasteiger partial charge in [0.2, 0.25) is 0 Å². The van der Waals surface area contributed by atoms with E-state index in [0.717, 1.165) is 41.5 Å². The van der Waals surface area contributed by atoms with Crippen molar-refractivity contribution >= 4 is 33.5 Å². The van der Waals surface area contributed by atoms with E-state index < -0.39 is 0 Å². The van der Waals surface area contributed by atoms with Crippen molar-refractivity contribution in [3.05, 3.63) is 55.1 Å². The van der Waals surface area contributed by atoms with Crippen LogP contribution in [-0.2, 0) is 19.4 Å². The van der Waals surface area contributed by atoms with Gasteiger partial charge in [0.1, 0.15) is 0 Å². The second-order valence-electron chi connectivity index (χ2n) is 10.1. The Balaban J connectivity index is 1.21. The summed E-state index contributed by atoms with van der Waals surface area (Å²) in [4.78, 5) is 37.3. The molecule has 2 aliphatic rings. The van der Waals surface area contributed by atoms with Crippen molar-refractivity contribution in [3.63, 3.8) is 0 Å². The van der Waals surface area contributed by atoms with Gasteiger partial charge in [-0.3, -0.25) is 18.9 Å². The molecule has 1 saturated heterocycles. The Kier molecular flexibility index (Phi) is 5.72. The zero-order chi connectivity index (χ0) is 22.5. The Morgan fingerprint density at radius 2 is 1.97 bits per heavy atom. The first-order chi connectivity index (χ1) is 15.3. The van der Waals surface area contributed by atoms with E-state index in [1.165, 1.54) is 28.2 Å². The summed E-state index contributed by atoms with van der Waals surface area (Å²) in [5, 5.41) is 1.88. The van der Waals surface area contributed by atoms with Gasteiger partial charge in [-0.2, -0.15) is 0 Å². The van der Waals surface area contributed by atoms with E-state index in [1.807, 2.05) is 10.3 Å². The molecule has 1 aliphatic heterocycles. The molecule has 1 aliphatic carbocycles. The number of carbonyl (C=O) groups is 1. The Hall–Kier alpha value is -2.03. The summed E-state index contributed by atoms with van der Waals surface area (Å²) in [7, 11) is 0. The fraction of sp³-hybridized carbons (Fsp3) is 0.542. The molecule has 1 amide bonds. The molecule has 0 spiro atoms. The Labute approximate surface area is 196 Å². The van der Waals surface area contributed by atoms with Crippen molar-refractivity contribution in [1.29, 1.82) is 0 Å². The lowest BCUT2D eigenvalue weighted by Crippen LogP contribution is -2.48. The van der Waals surface area contributed by atoms with Gasteiger partial charge >= 0.3 is 0 Å². The van der Waals surface area contributed by atoms with E-state index in [2.05, 4.69) is 36.7 Å². The number of rotatable bonds is 3. The molecule has 0 N–H and O–H groups in total. The Bertz CT molecular complexity index is 1190. The second-order valence-corrected chi connectivity index (χ2v) is 12.1. The molecular weight excluding hydrogens is 440 g/mol. The third-order valence-electron chi connectivity index (χ3n) is 6.92. The number of thiophene rings is 1. The van der Waals surface area contributed by atoms with Crippen molar-refractivity contribution in [1.82, 2.24) is 19.2 Å². The highest BCUT2D eigenvalue weighted by Crippen LogP contribution is 2.40. The molecule has 6 nitrogen and oxygen atoms in total. The fourth-order valence-electron chi connectivity index (χ4n) is 4.83. The standard InChI is InChI=1S/C24H30N4O2S2/c1-24(2,3)17-4-5-19-16(12-17)13-20(32-19)22(30)27-8-6-26(7-9-27)15-18-14-21(29)28-10-11-31-23(28)25-18/h10-11,13-14,17H,4-9,12,15H2,1-3H3. The van der Waals surface area contributed by atoms with Gasteiger partial charge < -0.3 is 4.90 Å². The van der Waals surface area contributed by atoms with Crippen LogP contribution in [0.4, 0.5) is 0 Å². The van der Waals surface area contributed by atoms with Gasteiger partial charge in [0, 0.05) is 55.2 Å². The molecule has 1 atom stereocenters. The highest BCUT2D eigenvalue weighted by atomic mass is 32.1. The van der Waals surface area contributed by atoms with Crippen LogP contribution in [0, 0.1) is 11.3 Å². The molecule has 1 unspecified atom stereocenters. The summed E-state index contributed by atoms with van der Waals surface area (Å²) < 4.78 is 1.58. The van der Waals surface area contributed by atoms with E-state index in [4.69, 9.17) is 0 Å². The molecular formula is C24H30N4O2S2. The number of aromatic nitrogens is 2. The molecule has 0 bridgehead atoms. The third-order valence-corrected chi connectivity index (χ3v) is 8.90. The summed E-state index contributed by atoms with van der Waals surface area (Å²) in [6.45, 7) is 10.6. The van der Waals surface area contributed by atoms with Gasteiger partial charge in [0.05, 0.1) is 10.6 Å². The maximum Gasteiger partial charge on any atom is 0.264 e. The van der Waals surface area contributed by atoms with Crippen LogP contribution in [0.25, 0.3) is 4.96 Å². The van der Waals surface area contributed by atoms with E-state index >= 15 is 0 Å². The van der Waals surface area contributed by atoms with Gasteiger partial charge in [0.15, 0.2) is 4.96 Å². The normalized spacial score (nSPS) is 20.0. The summed E-state index contributed by atoms with van der Waals surface area (Å²) in [5.74, 6) is 0.860. The number of thiazole rings is 1. The first-order valence-electron chi connectivity index (χ1n) is 11.4. The van der Waals surface area contributed by atoms with Gasteiger partial charge in [-0.25, -0.2) is 4.98 Å². The van der Waals surface area contributed by atoms with E-state index in [9.17, 15) is 9.59 Å². The van der Waals surface area contributed by atoms with Gasteiger partial charge in [-0.05, 0) is 42.2 Å². The van der Waals surface area contributed by atoms with Crippen LogP contribution in [0.15, 0.2) is 28.5 Å². The second kappa shape index (κ2) is 8.39. The minimum Gasteiger partial charge on any atom is -0.335 e. The molecule has 32 heavy (non-hydrogen) atoms. The highest BCUT2D eigenvalue weighted by molar-refractivity contribution is 7.15. The molecule has 5 rings (SSSR count). The summed E-state index contributed by atoms with van der Waals surface area (Å²) in [6.07, 6.45) is 5.18. The molecule has 0 aromatic carbocycles. The van der Waals surface area contributed by atoms with E-state index in [-0.39, 0.29) is 11.5 Å². The van der Waals surface area contributed by atoms with Gasteiger partial charge in [-0.15, -0.1) is 22.7 Å². The number of fused-ring (bicyclic) bond motifs is 2. The average Bonchev–Trinajstić information content (AvgIpc) is 3.39. The first-order valence-corrected chi connectivity index (χ1v) is 13.1. The number of aryl methyl sites for hydroxylation is 1. The molecule has 0 radical (unpaired) electrons. The lowest BCUT2D eigenvalue weighted by molar-refractivity contribution is 0.0632. The lowest BCUT2D eigenvalue weighted by Gasteiger charge is -2.34. The molecule has 3 aromatic rings. The predicted octanol–water partition coefficient (Wildman–Crippen LogP) is 3.93. The number of carbonyl (C=O) groups excluding carboxylic acids is 1. The van der Waals surface area contributed by atoms with E-state index in [1.54, 1.807) is 28.0 Å². The number of hydrogen-bond donors (Lipinski definition) is 0. The fourth-order valence-corrected chi connectivity index (χ4v) is 6.75. The van der Waals surface area contributed by atoms with E-state index in [0.29, 0.717) is 31.0 Å². The van der Waals surface area contributed by atoms with Crippen molar-refractivity contribution < 1.29 is 4.79 Å². The maximum absolute atomic E-state index is 13.2. The molecule has 8 heteroatoms. The molecule has 4 heterocycles. The summed E-state index contributed by atoms with van der Waals surface area (Å²) >= 11 is 3.18. The minimum absolute atomic E-state index is 0.0320. The number of amides is 1. The Morgan fingerprint density at radius 1 is 1.19 bits per heavy atom. The van der Waals surface area contributed by atoms with Crippen molar-refractivity contribution in [2.24, 2.45) is 11.3 Å². The van der Waals surface area contributed by atoms with Crippen molar-refractivity contribution in [2.45, 2.75) is 46.6 Å². The third kappa shape index (κ3) is 4.28. The summed E-state index contributed by atoms with van der Waals surface area (Å²) in [6, 6.07) is 3.79. The average molecular weight is 471 g/mol. The lowest BCUT2D eigenvalue weighted by atomic mass is 9.72. The predicted molar refractivity (Wildman–Crippen MR) is 130 cm³/mol. The van der Waals surface area contributed by atoms with Gasteiger partial charge in [-0.1, -0.05) is 20.8 Å². The number of hydrogen-bond acceptors (Lipinski definition) is 6. The summed E-state index contributed by atoms with van der Waals surface area (Å²) in [5.41, 5.74) is 2.48. The first kappa shape index (κ1) is 21.8. The maximum atomic E-state index is 13.2. The topological polar surface area (TPSA) is 57.9 Å². The van der Waals surface area contributed by atoms with Crippen molar-refractivity contribution in [3.8, 4) is 0 Å². The SMILES string of the molecule is CC(C)(C)C1CCc2sc(C(=O)N3CCN(Cc4cc(=O)n5ccsc5n4)CC3)cc2C1. The molecule has 170 valence electrons. The monoisotopic (exact) mass is 470 g/mol. The van der Waals surface area contributed by atoms with Crippen LogP contribution in [0.2, 0.25) is 0 Å². The molecule has 1 fully saturated rings. The Morgan fingerprint density at radius 3 is 2.72 bits per heavy atom. The van der Waals surface area contributed by atoms with Crippen LogP contribution >= 0.6 is 22.7 Å². The zero-order valence-electron chi connectivity index (χ0n) is 19.0. The molecule has 0 saturated carbocycles. The number of piperazine rings is 1. The van der Waals surface area contributed by atoms with Crippen LogP contribution < -0.4 is 5.56 Å². The zero-order valence-corrected chi connectivity index (χ0v) is 20.6. The minimum atomic E-state index is -0.0320. The van der Waals surface area contributed by atoms with Gasteiger partial charge in [0.25, 0.3) is 11.5 Å². The van der Waals surface area contributed by atoms with Crippen LogP contribution in [0.1, 0.15) is 53.0 Å². The number of nitrogens with zero attached hydrogens (tertiary/aromatic N) is 4. The van der Waals surface area contributed by atoms with Crippen LogP contribution in [0.5, 0.6) is 0 Å². The quantitative estimate of drug-likeness (QED) is 0.582. The van der Waals surface area contributed by atoms with Crippen LogP contribution in [0.3, 0.4) is 0 Å². The highest BCUT2D eigenvalue weighted by Gasteiger charge is 2.31. The van der Waals surface area contributed by atoms with Crippen molar-refractivity contribution in [2.75, 3.05) is 26.2 Å². The molecule has 3 aromatic heterocycles.